The van der Waals surface area contributed by atoms with E-state index in [1.165, 1.54) is 25.1 Å². The van der Waals surface area contributed by atoms with Gasteiger partial charge in [0.25, 0.3) is 5.69 Å². The number of nitrogens with zero attached hydrogens (tertiary/aromatic N) is 2. The van der Waals surface area contributed by atoms with Crippen molar-refractivity contribution in [1.82, 2.24) is 10.6 Å². The molecule has 9 heteroatoms. The topological polar surface area (TPSA) is 134 Å². The van der Waals surface area contributed by atoms with E-state index in [-0.39, 0.29) is 30.0 Å². The van der Waals surface area contributed by atoms with Gasteiger partial charge in [-0.2, -0.15) is 5.26 Å². The number of rotatable bonds is 5. The van der Waals surface area contributed by atoms with Crippen molar-refractivity contribution in [3.63, 3.8) is 0 Å². The van der Waals surface area contributed by atoms with Gasteiger partial charge in [-0.25, -0.2) is 9.59 Å². The Labute approximate surface area is 137 Å². The van der Waals surface area contributed by atoms with Crippen molar-refractivity contribution in [2.75, 3.05) is 6.61 Å². The summed E-state index contributed by atoms with van der Waals surface area (Å²) >= 11 is 0. The van der Waals surface area contributed by atoms with E-state index in [4.69, 9.17) is 10.00 Å². The second-order valence-corrected chi connectivity index (χ2v) is 4.97. The Bertz CT molecular complexity index is 765. The number of hydrogen-bond acceptors (Lipinski definition) is 6. The van der Waals surface area contributed by atoms with Crippen molar-refractivity contribution in [3.05, 3.63) is 51.2 Å². The number of nitriles is 1. The first-order valence-electron chi connectivity index (χ1n) is 7.00. The molecule has 9 nitrogen and oxygen atoms in total. The Hall–Kier alpha value is -3.41. The van der Waals surface area contributed by atoms with Gasteiger partial charge in [-0.15, -0.1) is 0 Å². The van der Waals surface area contributed by atoms with Crippen LogP contribution in [0.3, 0.4) is 0 Å². The zero-order valence-electron chi connectivity index (χ0n) is 12.7. The zero-order chi connectivity index (χ0) is 17.7. The molecule has 0 bridgehead atoms. The summed E-state index contributed by atoms with van der Waals surface area (Å²) in [6.45, 7) is 1.45. The predicted molar refractivity (Wildman–Crippen MR) is 81.4 cm³/mol. The number of ether oxygens (including phenoxy) is 1. The molecule has 0 radical (unpaired) electrons. The van der Waals surface area contributed by atoms with Crippen LogP contribution in [0, 0.1) is 21.4 Å². The largest absolute Gasteiger partial charge is 0.461 e. The highest BCUT2D eigenvalue weighted by Crippen LogP contribution is 2.29. The fourth-order valence-electron chi connectivity index (χ4n) is 2.30. The zero-order valence-corrected chi connectivity index (χ0v) is 12.7. The summed E-state index contributed by atoms with van der Waals surface area (Å²) in [7, 11) is 0. The quantitative estimate of drug-likeness (QED) is 0.365. The standard InChI is InChI=1S/C15H14N4O5/c1-9-12(14(20)24-7-3-6-16)13(18-15(21)17-9)10-4-2-5-11(8-10)19(22)23/h2,4-5,8,13H,3,7H2,1H3,(H2,17,18,21)/t13-/m0/s1. The first kappa shape index (κ1) is 17.0. The number of hydrogen-bond donors (Lipinski definition) is 2. The van der Waals surface area contributed by atoms with Gasteiger partial charge in [0, 0.05) is 17.8 Å². The van der Waals surface area contributed by atoms with Crippen LogP contribution in [0.5, 0.6) is 0 Å². The first-order valence-corrected chi connectivity index (χ1v) is 7.00. The number of nitrogens with one attached hydrogen (secondary N) is 2. The SMILES string of the molecule is CC1=C(C(=O)OCCC#N)[C@H](c2cccc([N+](=O)[O-])c2)NC(=O)N1. The van der Waals surface area contributed by atoms with Crippen molar-refractivity contribution < 1.29 is 19.2 Å². The first-order chi connectivity index (χ1) is 11.4. The molecule has 1 aliphatic heterocycles. The maximum absolute atomic E-state index is 12.3. The third-order valence-corrected chi connectivity index (χ3v) is 3.35. The molecule has 0 unspecified atom stereocenters. The normalized spacial score (nSPS) is 16.7. The number of nitro benzene ring substituents is 1. The maximum atomic E-state index is 12.3. The van der Waals surface area contributed by atoms with Crippen LogP contribution >= 0.6 is 0 Å². The average molecular weight is 330 g/mol. The lowest BCUT2D eigenvalue weighted by Gasteiger charge is -2.28. The van der Waals surface area contributed by atoms with Gasteiger partial charge in [0.2, 0.25) is 0 Å². The van der Waals surface area contributed by atoms with E-state index in [2.05, 4.69) is 10.6 Å². The lowest BCUT2D eigenvalue weighted by molar-refractivity contribution is -0.384. The predicted octanol–water partition coefficient (Wildman–Crippen LogP) is 1.68. The molecule has 124 valence electrons. The second kappa shape index (κ2) is 7.23. The molecule has 1 aliphatic rings. The molecular formula is C15H14N4O5. The van der Waals surface area contributed by atoms with Gasteiger partial charge in [-0.05, 0) is 12.5 Å². The van der Waals surface area contributed by atoms with E-state index in [1.54, 1.807) is 6.07 Å². The Morgan fingerprint density at radius 1 is 1.50 bits per heavy atom. The maximum Gasteiger partial charge on any atom is 0.338 e. The molecule has 0 saturated carbocycles. The number of carbonyl (C=O) groups excluding carboxylic acids is 2. The van der Waals surface area contributed by atoms with Crippen LogP contribution in [-0.2, 0) is 9.53 Å². The van der Waals surface area contributed by atoms with E-state index in [0.717, 1.165) is 0 Å². The highest BCUT2D eigenvalue weighted by molar-refractivity contribution is 5.95. The van der Waals surface area contributed by atoms with Crippen LogP contribution in [0.15, 0.2) is 35.5 Å². The number of non-ortho nitro benzene ring substituents is 1. The molecule has 2 rings (SSSR count). The van der Waals surface area contributed by atoms with Gasteiger partial charge >= 0.3 is 12.0 Å². The van der Waals surface area contributed by atoms with Crippen molar-refractivity contribution in [1.29, 1.82) is 5.26 Å². The highest BCUT2D eigenvalue weighted by atomic mass is 16.6. The average Bonchev–Trinajstić information content (AvgIpc) is 2.54. The van der Waals surface area contributed by atoms with Gasteiger partial charge < -0.3 is 15.4 Å². The molecule has 1 heterocycles. The molecule has 24 heavy (non-hydrogen) atoms. The van der Waals surface area contributed by atoms with E-state index in [0.29, 0.717) is 5.56 Å². The van der Waals surface area contributed by atoms with Crippen LogP contribution in [-0.4, -0.2) is 23.5 Å². The van der Waals surface area contributed by atoms with Gasteiger partial charge in [-0.1, -0.05) is 12.1 Å². The van der Waals surface area contributed by atoms with Crippen molar-refractivity contribution in [2.24, 2.45) is 0 Å². The Morgan fingerprint density at radius 2 is 2.25 bits per heavy atom. The van der Waals surface area contributed by atoms with E-state index in [1.807, 2.05) is 6.07 Å². The molecule has 1 aromatic rings. The number of allylic oxidation sites excluding steroid dienone is 1. The van der Waals surface area contributed by atoms with Crippen molar-refractivity contribution in [3.8, 4) is 6.07 Å². The lowest BCUT2D eigenvalue weighted by Crippen LogP contribution is -2.45. The summed E-state index contributed by atoms with van der Waals surface area (Å²) in [6, 6.07) is 6.08. The number of amides is 2. The molecule has 0 aromatic heterocycles. The second-order valence-electron chi connectivity index (χ2n) is 4.97. The molecule has 1 aromatic carbocycles. The highest BCUT2D eigenvalue weighted by Gasteiger charge is 2.32. The summed E-state index contributed by atoms with van der Waals surface area (Å²) in [5, 5.41) is 24.5. The van der Waals surface area contributed by atoms with Crippen LogP contribution in [0.1, 0.15) is 24.9 Å². The smallest absolute Gasteiger partial charge is 0.338 e. The minimum atomic E-state index is -0.881. The number of esters is 1. The van der Waals surface area contributed by atoms with Crippen molar-refractivity contribution >= 4 is 17.7 Å². The van der Waals surface area contributed by atoms with Gasteiger partial charge in [0.1, 0.15) is 6.61 Å². The fraction of sp³-hybridized carbons (Fsp3) is 0.267. The number of benzene rings is 1. The molecule has 0 fully saturated rings. The molecule has 0 saturated heterocycles. The molecule has 2 amide bonds. The van der Waals surface area contributed by atoms with Crippen molar-refractivity contribution in [2.45, 2.75) is 19.4 Å². The number of carbonyl (C=O) groups is 2. The Balaban J connectivity index is 2.38. The lowest BCUT2D eigenvalue weighted by atomic mass is 9.95. The molecule has 2 N–H and O–H groups in total. The van der Waals surface area contributed by atoms with Gasteiger partial charge in [0.15, 0.2) is 0 Å². The number of urea groups is 1. The van der Waals surface area contributed by atoms with E-state index in [9.17, 15) is 19.7 Å². The molecule has 0 aliphatic carbocycles. The van der Waals surface area contributed by atoms with Crippen LogP contribution < -0.4 is 10.6 Å². The van der Waals surface area contributed by atoms with Crippen LogP contribution in [0.2, 0.25) is 0 Å². The monoisotopic (exact) mass is 330 g/mol. The third-order valence-electron chi connectivity index (χ3n) is 3.35. The summed E-state index contributed by atoms with van der Waals surface area (Å²) in [5.41, 5.74) is 0.644. The Morgan fingerprint density at radius 3 is 2.92 bits per heavy atom. The third kappa shape index (κ3) is 3.67. The van der Waals surface area contributed by atoms with Gasteiger partial charge in [0.05, 0.1) is 29.0 Å². The number of nitro groups is 1. The summed E-state index contributed by atoms with van der Waals surface area (Å²) < 4.78 is 5.01. The van der Waals surface area contributed by atoms with E-state index >= 15 is 0 Å². The summed E-state index contributed by atoms with van der Waals surface area (Å²) in [5.74, 6) is -0.702. The van der Waals surface area contributed by atoms with Gasteiger partial charge in [-0.3, -0.25) is 10.1 Å². The van der Waals surface area contributed by atoms with Crippen LogP contribution in [0.25, 0.3) is 0 Å². The minimum Gasteiger partial charge on any atom is -0.461 e. The molecule has 1 atom stereocenters. The Kier molecular flexibility index (Phi) is 5.11. The molecule has 0 spiro atoms. The summed E-state index contributed by atoms with van der Waals surface area (Å²) in [6.07, 6.45) is 0.0410. The summed E-state index contributed by atoms with van der Waals surface area (Å²) in [4.78, 5) is 34.4. The van der Waals surface area contributed by atoms with Crippen LogP contribution in [0.4, 0.5) is 10.5 Å². The fourth-order valence-corrected chi connectivity index (χ4v) is 2.30. The molecular weight excluding hydrogens is 316 g/mol. The van der Waals surface area contributed by atoms with E-state index < -0.39 is 23.0 Å². The minimum absolute atomic E-state index is 0.0410.